The largest absolute Gasteiger partial charge is 0.478 e. The minimum Gasteiger partial charge on any atom is -0.478 e. The van der Waals surface area contributed by atoms with Crippen molar-refractivity contribution in [1.29, 1.82) is 0 Å². The van der Waals surface area contributed by atoms with Gasteiger partial charge in [-0.1, -0.05) is 156 Å². The summed E-state index contributed by atoms with van der Waals surface area (Å²) in [6, 6.07) is 0. The second kappa shape index (κ2) is 47.6. The third-order valence-electron chi connectivity index (χ3n) is 6.43. The lowest BCUT2D eigenvalue weighted by Crippen LogP contribution is -2.26. The first-order valence-corrected chi connectivity index (χ1v) is 18.0. The summed E-state index contributed by atoms with van der Waals surface area (Å²) in [4.78, 5) is 37.0. The van der Waals surface area contributed by atoms with Gasteiger partial charge in [0.15, 0.2) is 0 Å². The number of rotatable bonds is 26. The maximum Gasteiger partial charge on any atom is 0.327 e. The molecule has 0 heterocycles. The number of unbranched alkanes of at least 4 members (excludes halogenated alkanes) is 18. The minimum absolute atomic E-state index is 0.0590. The van der Waals surface area contributed by atoms with Crippen molar-refractivity contribution in [1.82, 2.24) is 0 Å². The molecule has 0 amide bonds. The first kappa shape index (κ1) is 60.7. The Labute approximate surface area is 311 Å². The number of carboxylic acids is 4. The third-order valence-corrected chi connectivity index (χ3v) is 6.43. The van der Waals surface area contributed by atoms with Gasteiger partial charge in [-0.25, -0.2) is 19.2 Å². The Bertz CT molecular complexity index is 753. The standard InChI is InChI=1S/2C13H28O3.4C3H4O2/c2*1-2-3-4-5-6-7-8-9-10-11-12-13(14,15)16;4*1-2-3(4)5/h2*14-16H,2-12H2,1H3;4*2H,1H2,(H,4,5). The van der Waals surface area contributed by atoms with E-state index in [1.54, 1.807) is 0 Å². The Morgan fingerprint density at radius 1 is 0.365 bits per heavy atom. The van der Waals surface area contributed by atoms with Crippen LogP contribution in [0.5, 0.6) is 0 Å². The van der Waals surface area contributed by atoms with E-state index in [9.17, 15) is 19.2 Å². The molecule has 0 unspecified atom stereocenters. The van der Waals surface area contributed by atoms with E-state index in [-0.39, 0.29) is 12.8 Å². The molecule has 0 aliphatic rings. The van der Waals surface area contributed by atoms with Gasteiger partial charge >= 0.3 is 23.9 Å². The molecular formula is C38H72O14. The summed E-state index contributed by atoms with van der Waals surface area (Å²) < 4.78 is 0. The van der Waals surface area contributed by atoms with Crippen LogP contribution < -0.4 is 0 Å². The molecule has 0 saturated heterocycles. The number of carbonyl (C=O) groups is 4. The third kappa shape index (κ3) is 103. The van der Waals surface area contributed by atoms with Crippen LogP contribution in [0.3, 0.4) is 0 Å². The topological polar surface area (TPSA) is 271 Å². The summed E-state index contributed by atoms with van der Waals surface area (Å²) in [5.74, 6) is -8.84. The molecule has 0 aromatic rings. The van der Waals surface area contributed by atoms with E-state index >= 15 is 0 Å². The molecule has 14 heteroatoms. The summed E-state index contributed by atoms with van der Waals surface area (Å²) in [7, 11) is 0. The maximum atomic E-state index is 9.25. The van der Waals surface area contributed by atoms with Gasteiger partial charge in [0.05, 0.1) is 0 Å². The number of aliphatic carboxylic acids is 4. The van der Waals surface area contributed by atoms with Gasteiger partial charge in [0, 0.05) is 37.1 Å². The highest BCUT2D eigenvalue weighted by Crippen LogP contribution is 2.14. The van der Waals surface area contributed by atoms with Crippen LogP contribution in [0.4, 0.5) is 0 Å². The summed E-state index contributed by atoms with van der Waals surface area (Å²) in [5.41, 5.74) is 0. The van der Waals surface area contributed by atoms with Gasteiger partial charge in [0.25, 0.3) is 11.9 Å². The number of aliphatic hydroxyl groups is 6. The van der Waals surface area contributed by atoms with Crippen LogP contribution in [0.2, 0.25) is 0 Å². The van der Waals surface area contributed by atoms with E-state index in [1.807, 2.05) is 0 Å². The summed E-state index contributed by atoms with van der Waals surface area (Å²) in [5, 5.41) is 82.3. The zero-order valence-corrected chi connectivity index (χ0v) is 31.8. The normalized spacial score (nSPS) is 9.85. The van der Waals surface area contributed by atoms with E-state index in [2.05, 4.69) is 40.2 Å². The minimum atomic E-state index is -2.46. The Morgan fingerprint density at radius 2 is 0.500 bits per heavy atom. The van der Waals surface area contributed by atoms with Crippen LogP contribution in [-0.2, 0) is 19.2 Å². The van der Waals surface area contributed by atoms with Crippen LogP contribution in [0.15, 0.2) is 50.6 Å². The molecule has 308 valence electrons. The second-order valence-corrected chi connectivity index (χ2v) is 11.6. The fourth-order valence-electron chi connectivity index (χ4n) is 3.70. The predicted molar refractivity (Wildman–Crippen MR) is 203 cm³/mol. The van der Waals surface area contributed by atoms with Crippen LogP contribution in [0.25, 0.3) is 0 Å². The van der Waals surface area contributed by atoms with E-state index < -0.39 is 35.8 Å². The highest BCUT2D eigenvalue weighted by Gasteiger charge is 2.16. The fourth-order valence-corrected chi connectivity index (χ4v) is 3.70. The lowest BCUT2D eigenvalue weighted by atomic mass is 10.1. The predicted octanol–water partition coefficient (Wildman–Crippen LogP) is 6.88. The monoisotopic (exact) mass is 752 g/mol. The average Bonchev–Trinajstić information content (AvgIpc) is 3.06. The lowest BCUT2D eigenvalue weighted by molar-refractivity contribution is -0.316. The highest BCUT2D eigenvalue weighted by atomic mass is 16.7. The van der Waals surface area contributed by atoms with Crippen LogP contribution in [0, 0.1) is 0 Å². The molecule has 52 heavy (non-hydrogen) atoms. The van der Waals surface area contributed by atoms with E-state index in [0.29, 0.717) is 12.8 Å². The molecule has 0 atom stereocenters. The van der Waals surface area contributed by atoms with E-state index in [1.165, 1.54) is 89.9 Å². The number of carboxylic acid groups (broad SMARTS) is 4. The molecule has 0 rings (SSSR count). The van der Waals surface area contributed by atoms with Gasteiger partial charge in [-0.05, 0) is 12.8 Å². The Balaban J connectivity index is -0.000000135. The summed E-state index contributed by atoms with van der Waals surface area (Å²) in [6.45, 7) is 16.3. The quantitative estimate of drug-likeness (QED) is 0.0245. The molecule has 0 spiro atoms. The van der Waals surface area contributed by atoms with Crippen molar-refractivity contribution in [2.75, 3.05) is 0 Å². The maximum absolute atomic E-state index is 9.25. The Hall–Kier alpha value is -3.40. The molecule has 14 nitrogen and oxygen atoms in total. The number of hydrogen-bond donors (Lipinski definition) is 10. The molecule has 0 aromatic heterocycles. The molecule has 0 radical (unpaired) electrons. The van der Waals surface area contributed by atoms with Gasteiger partial charge in [0.2, 0.25) is 0 Å². The summed E-state index contributed by atoms with van der Waals surface area (Å²) >= 11 is 0. The van der Waals surface area contributed by atoms with Crippen LogP contribution in [0.1, 0.15) is 155 Å². The van der Waals surface area contributed by atoms with E-state index in [4.69, 9.17) is 51.1 Å². The van der Waals surface area contributed by atoms with Gasteiger partial charge in [-0.15, -0.1) is 0 Å². The average molecular weight is 753 g/mol. The molecule has 0 aliphatic heterocycles. The molecule has 0 aliphatic carbocycles. The fraction of sp³-hybridized carbons (Fsp3) is 0.684. The molecule has 0 saturated carbocycles. The van der Waals surface area contributed by atoms with Crippen LogP contribution >= 0.6 is 0 Å². The van der Waals surface area contributed by atoms with Crippen molar-refractivity contribution >= 4 is 23.9 Å². The zero-order chi connectivity index (χ0) is 41.7. The van der Waals surface area contributed by atoms with Crippen molar-refractivity contribution in [3.63, 3.8) is 0 Å². The van der Waals surface area contributed by atoms with E-state index in [0.717, 1.165) is 50.0 Å². The first-order chi connectivity index (χ1) is 24.2. The van der Waals surface area contributed by atoms with Gasteiger partial charge in [-0.2, -0.15) is 0 Å². The SMILES string of the molecule is C=CC(=O)O.C=CC(=O)O.C=CC(=O)O.C=CC(=O)O.CCCCCCCCCCCCC(O)(O)O.CCCCCCCCCCCCC(O)(O)O. The van der Waals surface area contributed by atoms with Crippen LogP contribution in [-0.4, -0.2) is 86.9 Å². The molecular weight excluding hydrogens is 680 g/mol. The van der Waals surface area contributed by atoms with Crippen molar-refractivity contribution < 1.29 is 70.2 Å². The smallest absolute Gasteiger partial charge is 0.327 e. The molecule has 0 bridgehead atoms. The van der Waals surface area contributed by atoms with Gasteiger partial charge in [0.1, 0.15) is 0 Å². The zero-order valence-electron chi connectivity index (χ0n) is 31.8. The summed E-state index contributed by atoms with van der Waals surface area (Å²) in [6.07, 6.45) is 27.4. The van der Waals surface area contributed by atoms with Crippen molar-refractivity contribution in [2.45, 2.75) is 167 Å². The Morgan fingerprint density at radius 3 is 0.615 bits per heavy atom. The van der Waals surface area contributed by atoms with Crippen molar-refractivity contribution in [3.8, 4) is 0 Å². The van der Waals surface area contributed by atoms with Crippen molar-refractivity contribution in [2.24, 2.45) is 0 Å². The molecule has 0 aromatic carbocycles. The first-order valence-electron chi connectivity index (χ1n) is 18.0. The second-order valence-electron chi connectivity index (χ2n) is 11.6. The molecule has 10 N–H and O–H groups in total. The van der Waals surface area contributed by atoms with Gasteiger partial charge in [-0.3, -0.25) is 0 Å². The number of hydrogen-bond acceptors (Lipinski definition) is 10. The Kier molecular flexibility index (Phi) is 55.5. The highest BCUT2D eigenvalue weighted by molar-refractivity contribution is 5.79. The van der Waals surface area contributed by atoms with Crippen molar-refractivity contribution in [3.05, 3.63) is 50.6 Å². The molecule has 0 fully saturated rings. The van der Waals surface area contributed by atoms with Gasteiger partial charge < -0.3 is 51.1 Å². The lowest BCUT2D eigenvalue weighted by Gasteiger charge is -2.12.